The van der Waals surface area contributed by atoms with E-state index in [1.54, 1.807) is 0 Å². The number of hydrogen-bond acceptors (Lipinski definition) is 4. The van der Waals surface area contributed by atoms with Crippen molar-refractivity contribution in [2.24, 2.45) is 5.73 Å². The molecule has 3 N–H and O–H groups in total. The molecule has 0 aromatic rings. The fraction of sp³-hybridized carbons (Fsp3) is 0.667. The number of rotatable bonds is 4. The zero-order chi connectivity index (χ0) is 8.85. The molecule has 0 amide bonds. The fourth-order valence-electron chi connectivity index (χ4n) is 0.453. The molecule has 0 aromatic heterocycles. The van der Waals surface area contributed by atoms with Crippen molar-refractivity contribution in [2.45, 2.75) is 19.4 Å². The van der Waals surface area contributed by atoms with E-state index in [-0.39, 0.29) is 5.12 Å². The number of hydrogen-bond donors (Lipinski definition) is 2. The van der Waals surface area contributed by atoms with Gasteiger partial charge in [0, 0.05) is 12.7 Å². The third-order valence-corrected chi connectivity index (χ3v) is 1.90. The molecule has 0 heterocycles. The van der Waals surface area contributed by atoms with Crippen LogP contribution in [0.2, 0.25) is 0 Å². The number of aliphatic carboxylic acids is 1. The second-order valence-corrected chi connectivity index (χ2v) is 3.35. The van der Waals surface area contributed by atoms with Crippen molar-refractivity contribution >= 4 is 22.8 Å². The summed E-state index contributed by atoms with van der Waals surface area (Å²) in [4.78, 5) is 20.5. The summed E-state index contributed by atoms with van der Waals surface area (Å²) in [6.45, 7) is 1.44. The Morgan fingerprint density at radius 2 is 2.18 bits per heavy atom. The molecular weight excluding hydrogens is 166 g/mol. The van der Waals surface area contributed by atoms with Gasteiger partial charge in [-0.15, -0.1) is 0 Å². The monoisotopic (exact) mass is 177 g/mol. The van der Waals surface area contributed by atoms with E-state index < -0.39 is 12.0 Å². The van der Waals surface area contributed by atoms with Crippen molar-refractivity contribution < 1.29 is 14.7 Å². The second kappa shape index (κ2) is 5.15. The van der Waals surface area contributed by atoms with Crippen LogP contribution in [-0.2, 0) is 9.59 Å². The molecular formula is C6H11NO3S. The van der Waals surface area contributed by atoms with Gasteiger partial charge in [0.2, 0.25) is 0 Å². The van der Waals surface area contributed by atoms with Gasteiger partial charge in [0.25, 0.3) is 0 Å². The summed E-state index contributed by atoms with van der Waals surface area (Å²) in [6, 6.07) is -0.846. The predicted molar refractivity (Wildman–Crippen MR) is 43.4 cm³/mol. The van der Waals surface area contributed by atoms with Crippen molar-refractivity contribution in [3.63, 3.8) is 0 Å². The first-order valence-electron chi connectivity index (χ1n) is 3.15. The average Bonchev–Trinajstić information content (AvgIpc) is 1.86. The highest BCUT2D eigenvalue weighted by atomic mass is 32.2. The summed E-state index contributed by atoms with van der Waals surface area (Å²) in [5.74, 6) is -0.544. The third kappa shape index (κ3) is 5.87. The lowest BCUT2D eigenvalue weighted by Gasteiger charge is -2.03. The first-order chi connectivity index (χ1) is 5.04. The molecule has 4 nitrogen and oxygen atoms in total. The molecule has 11 heavy (non-hydrogen) atoms. The van der Waals surface area contributed by atoms with E-state index in [0.717, 1.165) is 11.8 Å². The minimum absolute atomic E-state index is 0.0115. The molecule has 0 aliphatic heterocycles. The van der Waals surface area contributed by atoms with Crippen LogP contribution in [0.15, 0.2) is 0 Å². The molecule has 0 fully saturated rings. The number of carbonyl (C=O) groups excluding carboxylic acids is 1. The molecule has 5 heteroatoms. The third-order valence-electron chi connectivity index (χ3n) is 1.05. The summed E-state index contributed by atoms with van der Waals surface area (Å²) in [5, 5.41) is 8.32. The lowest BCUT2D eigenvalue weighted by molar-refractivity contribution is -0.138. The molecule has 0 aliphatic rings. The van der Waals surface area contributed by atoms with E-state index in [0.29, 0.717) is 12.2 Å². The van der Waals surface area contributed by atoms with Gasteiger partial charge in [0.05, 0.1) is 0 Å². The Morgan fingerprint density at radius 3 is 2.55 bits per heavy atom. The van der Waals surface area contributed by atoms with E-state index in [1.165, 1.54) is 6.92 Å². The smallest absolute Gasteiger partial charge is 0.320 e. The predicted octanol–water partition coefficient (Wildman–Crippen LogP) is 0.0681. The van der Waals surface area contributed by atoms with Crippen molar-refractivity contribution in [3.8, 4) is 0 Å². The van der Waals surface area contributed by atoms with Crippen LogP contribution in [-0.4, -0.2) is 28.0 Å². The highest BCUT2D eigenvalue weighted by molar-refractivity contribution is 8.13. The van der Waals surface area contributed by atoms with Crippen molar-refractivity contribution in [1.29, 1.82) is 0 Å². The number of carboxylic acids is 1. The van der Waals surface area contributed by atoms with E-state index >= 15 is 0 Å². The highest BCUT2D eigenvalue weighted by Gasteiger charge is 2.10. The molecule has 1 atom stereocenters. The standard InChI is InChI=1S/C6H11NO3S/c1-4(8)11-3-2-5(7)6(9)10/h5H,2-3,7H2,1H3,(H,9,10). The Labute approximate surface area is 69.1 Å². The molecule has 0 saturated carbocycles. The van der Waals surface area contributed by atoms with Crippen LogP contribution in [0.5, 0.6) is 0 Å². The Morgan fingerprint density at radius 1 is 1.64 bits per heavy atom. The maximum atomic E-state index is 10.4. The summed E-state index contributed by atoms with van der Waals surface area (Å²) < 4.78 is 0. The van der Waals surface area contributed by atoms with E-state index in [1.807, 2.05) is 0 Å². The molecule has 0 spiro atoms. The summed E-state index contributed by atoms with van der Waals surface area (Å²) in [7, 11) is 0. The molecule has 64 valence electrons. The largest absolute Gasteiger partial charge is 0.480 e. The molecule has 1 unspecified atom stereocenters. The normalized spacial score (nSPS) is 12.5. The van der Waals surface area contributed by atoms with Gasteiger partial charge in [0.15, 0.2) is 5.12 Å². The summed E-state index contributed by atoms with van der Waals surface area (Å²) in [6.07, 6.45) is 0.333. The van der Waals surface area contributed by atoms with Crippen molar-refractivity contribution in [3.05, 3.63) is 0 Å². The number of thioether (sulfide) groups is 1. The number of carbonyl (C=O) groups is 2. The average molecular weight is 177 g/mol. The Hall–Kier alpha value is -0.550. The summed E-state index contributed by atoms with van der Waals surface area (Å²) >= 11 is 1.09. The van der Waals surface area contributed by atoms with Crippen molar-refractivity contribution in [1.82, 2.24) is 0 Å². The maximum Gasteiger partial charge on any atom is 0.320 e. The topological polar surface area (TPSA) is 80.4 Å². The SMILES string of the molecule is CC(=O)SCCC(N)C(=O)O. The van der Waals surface area contributed by atoms with Crippen LogP contribution in [0, 0.1) is 0 Å². The molecule has 0 bridgehead atoms. The Bertz CT molecular complexity index is 160. The maximum absolute atomic E-state index is 10.4. The van der Waals surface area contributed by atoms with Gasteiger partial charge in [-0.1, -0.05) is 11.8 Å². The van der Waals surface area contributed by atoms with E-state index in [2.05, 4.69) is 0 Å². The first-order valence-corrected chi connectivity index (χ1v) is 4.14. The van der Waals surface area contributed by atoms with Gasteiger partial charge in [0.1, 0.15) is 6.04 Å². The lowest BCUT2D eigenvalue weighted by atomic mass is 10.2. The van der Waals surface area contributed by atoms with Crippen LogP contribution < -0.4 is 5.73 Å². The van der Waals surface area contributed by atoms with Gasteiger partial charge in [-0.2, -0.15) is 0 Å². The van der Waals surface area contributed by atoms with Gasteiger partial charge in [-0.05, 0) is 6.42 Å². The second-order valence-electron chi connectivity index (χ2n) is 2.07. The summed E-state index contributed by atoms with van der Waals surface area (Å²) in [5.41, 5.74) is 5.18. The molecule has 0 rings (SSSR count). The zero-order valence-corrected chi connectivity index (χ0v) is 7.06. The Balaban J connectivity index is 3.39. The van der Waals surface area contributed by atoms with Crippen LogP contribution in [0.4, 0.5) is 0 Å². The highest BCUT2D eigenvalue weighted by Crippen LogP contribution is 2.04. The van der Waals surface area contributed by atoms with E-state index in [9.17, 15) is 9.59 Å². The molecule has 0 aliphatic carbocycles. The minimum Gasteiger partial charge on any atom is -0.480 e. The van der Waals surface area contributed by atoms with Gasteiger partial charge < -0.3 is 10.8 Å². The minimum atomic E-state index is -1.02. The number of carboxylic acid groups (broad SMARTS) is 1. The van der Waals surface area contributed by atoms with E-state index in [4.69, 9.17) is 10.8 Å². The van der Waals surface area contributed by atoms with Gasteiger partial charge >= 0.3 is 5.97 Å². The fourth-order valence-corrected chi connectivity index (χ4v) is 1.11. The van der Waals surface area contributed by atoms with Gasteiger partial charge in [-0.25, -0.2) is 0 Å². The van der Waals surface area contributed by atoms with Crippen molar-refractivity contribution in [2.75, 3.05) is 5.75 Å². The molecule has 0 radical (unpaired) electrons. The zero-order valence-electron chi connectivity index (χ0n) is 6.24. The van der Waals surface area contributed by atoms with Gasteiger partial charge in [-0.3, -0.25) is 9.59 Å². The number of nitrogens with two attached hydrogens (primary N) is 1. The lowest BCUT2D eigenvalue weighted by Crippen LogP contribution is -2.30. The molecule has 0 aromatic carbocycles. The van der Waals surface area contributed by atoms with Crippen LogP contribution in [0.3, 0.4) is 0 Å². The quantitative estimate of drug-likeness (QED) is 0.635. The van der Waals surface area contributed by atoms with Crippen LogP contribution >= 0.6 is 11.8 Å². The van der Waals surface area contributed by atoms with Crippen LogP contribution in [0.25, 0.3) is 0 Å². The van der Waals surface area contributed by atoms with Crippen LogP contribution in [0.1, 0.15) is 13.3 Å². The first kappa shape index (κ1) is 10.4. The molecule has 0 saturated heterocycles. The Kier molecular flexibility index (Phi) is 4.89.